The Balaban J connectivity index is 1.44. The number of methoxy groups -OCH3 is 2. The van der Waals surface area contributed by atoms with E-state index < -0.39 is 26.5 Å². The van der Waals surface area contributed by atoms with Gasteiger partial charge in [-0.3, -0.25) is 4.79 Å². The standard InChI is InChI=1S/C34H42N6O6Si/c1-34(2,3)47(25-12-8-6-9-13-25,26-14-10-7-11-15-26)46-22-28-27(19-35)37-40(38-28)21-29-31(36-33(42)43)32(41)39(29)20-23-16-17-24(44-4)18-30(23)45-5/h6-18,29,31,36H,19-22,35H2,1-5H3,(H,42,43)/t29-,31+/m1/s1. The molecule has 3 aromatic carbocycles. The second kappa shape index (κ2) is 14.0. The van der Waals surface area contributed by atoms with Crippen LogP contribution in [-0.4, -0.2) is 71.6 Å². The van der Waals surface area contributed by atoms with E-state index in [2.05, 4.69) is 55.5 Å². The number of aromatic nitrogens is 3. The summed E-state index contributed by atoms with van der Waals surface area (Å²) in [6.07, 6.45) is -1.29. The third-order valence-electron chi connectivity index (χ3n) is 8.64. The zero-order chi connectivity index (χ0) is 33.8. The highest BCUT2D eigenvalue weighted by Crippen LogP contribution is 2.37. The van der Waals surface area contributed by atoms with Gasteiger partial charge in [-0.25, -0.2) is 4.79 Å². The Morgan fingerprint density at radius 1 is 0.957 bits per heavy atom. The number of ether oxygens (including phenoxy) is 2. The normalized spacial score (nSPS) is 16.5. The molecule has 0 unspecified atom stereocenters. The first-order valence-corrected chi connectivity index (χ1v) is 17.3. The predicted octanol–water partition coefficient (Wildman–Crippen LogP) is 2.88. The van der Waals surface area contributed by atoms with E-state index in [1.54, 1.807) is 31.3 Å². The second-order valence-corrected chi connectivity index (χ2v) is 16.7. The van der Waals surface area contributed by atoms with E-state index in [0.717, 1.165) is 15.9 Å². The highest BCUT2D eigenvalue weighted by Gasteiger charge is 2.51. The maximum absolute atomic E-state index is 13.2. The van der Waals surface area contributed by atoms with Crippen LogP contribution in [0.1, 0.15) is 37.7 Å². The number of rotatable bonds is 13. The molecule has 47 heavy (non-hydrogen) atoms. The summed E-state index contributed by atoms with van der Waals surface area (Å²) in [5, 5.41) is 23.3. The molecule has 0 saturated carbocycles. The Kier molecular flexibility index (Phi) is 9.98. The van der Waals surface area contributed by atoms with Crippen LogP contribution in [-0.2, 0) is 35.5 Å². The monoisotopic (exact) mass is 658 g/mol. The molecule has 4 aromatic rings. The van der Waals surface area contributed by atoms with Gasteiger partial charge in [-0.2, -0.15) is 15.0 Å². The number of benzene rings is 3. The number of carbonyl (C=O) groups excluding carboxylic acids is 1. The molecular weight excluding hydrogens is 616 g/mol. The Morgan fingerprint density at radius 3 is 2.11 bits per heavy atom. The number of nitrogens with two attached hydrogens (primary N) is 1. The van der Waals surface area contributed by atoms with Crippen molar-refractivity contribution in [3.05, 3.63) is 95.8 Å². The van der Waals surface area contributed by atoms with Gasteiger partial charge >= 0.3 is 6.09 Å². The molecular formula is C34H42N6O6Si. The van der Waals surface area contributed by atoms with Crippen molar-refractivity contribution in [1.29, 1.82) is 0 Å². The number of carboxylic acid groups (broad SMARTS) is 1. The van der Waals surface area contributed by atoms with Gasteiger partial charge in [0.25, 0.3) is 8.32 Å². The highest BCUT2D eigenvalue weighted by molar-refractivity contribution is 6.99. The zero-order valence-electron chi connectivity index (χ0n) is 27.3. The molecule has 2 amide bonds. The Labute approximate surface area is 275 Å². The number of β-lactam (4-membered cyclic amide) rings is 1. The van der Waals surface area contributed by atoms with Gasteiger partial charge in [-0.15, -0.1) is 0 Å². The lowest BCUT2D eigenvalue weighted by molar-refractivity contribution is -0.153. The van der Waals surface area contributed by atoms with Crippen LogP contribution in [0, 0.1) is 0 Å². The van der Waals surface area contributed by atoms with Gasteiger partial charge in [0.2, 0.25) is 5.91 Å². The van der Waals surface area contributed by atoms with E-state index in [1.165, 1.54) is 4.80 Å². The lowest BCUT2D eigenvalue weighted by atomic mass is 9.94. The molecule has 1 aromatic heterocycles. The van der Waals surface area contributed by atoms with Gasteiger partial charge < -0.3 is 35.0 Å². The fourth-order valence-electron chi connectivity index (χ4n) is 6.34. The highest BCUT2D eigenvalue weighted by atomic mass is 28.4. The molecule has 13 heteroatoms. The summed E-state index contributed by atoms with van der Waals surface area (Å²) in [6, 6.07) is 24.5. The van der Waals surface area contributed by atoms with Gasteiger partial charge in [-0.1, -0.05) is 81.4 Å². The van der Waals surface area contributed by atoms with Gasteiger partial charge in [0.1, 0.15) is 28.9 Å². The number of likely N-dealkylation sites (tertiary alicyclic amines) is 1. The van der Waals surface area contributed by atoms with Crippen LogP contribution in [0.2, 0.25) is 5.04 Å². The summed E-state index contributed by atoms with van der Waals surface area (Å²) in [5.74, 6) is 0.818. The minimum Gasteiger partial charge on any atom is -0.497 e. The first-order chi connectivity index (χ1) is 22.5. The summed E-state index contributed by atoms with van der Waals surface area (Å²) in [4.78, 5) is 27.9. The SMILES string of the molecule is COc1ccc(CN2C(=O)[C@@H](NC(=O)O)[C@H]2Cn2nc(CN)c(CO[Si](c3ccccc3)(c3ccccc3)C(C)(C)C)n2)c(OC)c1. The Bertz CT molecular complexity index is 1650. The largest absolute Gasteiger partial charge is 0.497 e. The summed E-state index contributed by atoms with van der Waals surface area (Å²) >= 11 is 0. The van der Waals surface area contributed by atoms with Crippen LogP contribution < -0.4 is 30.9 Å². The number of hydrogen-bond acceptors (Lipinski definition) is 8. The third-order valence-corrected chi connectivity index (χ3v) is 13.6. The van der Waals surface area contributed by atoms with Gasteiger partial charge in [-0.05, 0) is 27.5 Å². The van der Waals surface area contributed by atoms with E-state index in [0.29, 0.717) is 22.9 Å². The summed E-state index contributed by atoms with van der Waals surface area (Å²) in [7, 11) is 0.242. The van der Waals surface area contributed by atoms with E-state index in [9.17, 15) is 14.7 Å². The molecule has 0 radical (unpaired) electrons. The van der Waals surface area contributed by atoms with E-state index in [-0.39, 0.29) is 37.2 Å². The molecule has 5 rings (SSSR count). The van der Waals surface area contributed by atoms with Crippen LogP contribution >= 0.6 is 0 Å². The van der Waals surface area contributed by atoms with E-state index in [4.69, 9.17) is 24.7 Å². The maximum Gasteiger partial charge on any atom is 0.405 e. The summed E-state index contributed by atoms with van der Waals surface area (Å²) < 4.78 is 17.9. The molecule has 1 fully saturated rings. The maximum atomic E-state index is 13.2. The van der Waals surface area contributed by atoms with Crippen LogP contribution in [0.25, 0.3) is 0 Å². The first kappa shape index (κ1) is 33.6. The number of nitrogens with zero attached hydrogens (tertiary/aromatic N) is 4. The van der Waals surface area contributed by atoms with Crippen molar-refractivity contribution in [3.63, 3.8) is 0 Å². The molecule has 1 aliphatic heterocycles. The molecule has 0 aliphatic carbocycles. The number of amides is 2. The third kappa shape index (κ3) is 6.73. The number of carbonyl (C=O) groups is 2. The van der Waals surface area contributed by atoms with Crippen molar-refractivity contribution < 1.29 is 28.6 Å². The molecule has 0 bridgehead atoms. The molecule has 12 nitrogen and oxygen atoms in total. The minimum atomic E-state index is -2.86. The molecule has 4 N–H and O–H groups in total. The lowest BCUT2D eigenvalue weighted by Crippen LogP contribution is -2.71. The van der Waals surface area contributed by atoms with Gasteiger partial charge in [0.05, 0.1) is 33.4 Å². The Hall–Kier alpha value is -4.72. The number of hydrogen-bond donors (Lipinski definition) is 3. The van der Waals surface area contributed by atoms with Gasteiger partial charge in [0, 0.05) is 24.7 Å². The fraction of sp³-hybridized carbons (Fsp3) is 0.353. The van der Waals surface area contributed by atoms with E-state index >= 15 is 0 Å². The summed E-state index contributed by atoms with van der Waals surface area (Å²) in [5.41, 5.74) is 8.06. The molecule has 2 heterocycles. The summed E-state index contributed by atoms with van der Waals surface area (Å²) in [6.45, 7) is 7.25. The molecule has 248 valence electrons. The van der Waals surface area contributed by atoms with Crippen LogP contribution in [0.15, 0.2) is 78.9 Å². The van der Waals surface area contributed by atoms with Crippen molar-refractivity contribution in [2.45, 2.75) is 64.1 Å². The molecule has 1 aliphatic rings. The van der Waals surface area contributed by atoms with Crippen molar-refractivity contribution >= 4 is 30.7 Å². The van der Waals surface area contributed by atoms with Crippen LogP contribution in [0.3, 0.4) is 0 Å². The van der Waals surface area contributed by atoms with E-state index in [1.807, 2.05) is 42.5 Å². The average molecular weight is 659 g/mol. The average Bonchev–Trinajstić information content (AvgIpc) is 3.47. The van der Waals surface area contributed by atoms with Crippen molar-refractivity contribution in [2.24, 2.45) is 5.73 Å². The quantitative estimate of drug-likeness (QED) is 0.145. The number of nitrogens with one attached hydrogen (secondary N) is 1. The smallest absolute Gasteiger partial charge is 0.405 e. The minimum absolute atomic E-state index is 0.132. The fourth-order valence-corrected chi connectivity index (χ4v) is 10.8. The zero-order valence-corrected chi connectivity index (χ0v) is 28.3. The van der Waals surface area contributed by atoms with Gasteiger partial charge in [0.15, 0.2) is 0 Å². The van der Waals surface area contributed by atoms with Crippen molar-refractivity contribution in [1.82, 2.24) is 25.2 Å². The molecule has 0 spiro atoms. The second-order valence-electron chi connectivity index (χ2n) is 12.4. The predicted molar refractivity (Wildman–Crippen MR) is 179 cm³/mol. The Morgan fingerprint density at radius 2 is 1.57 bits per heavy atom. The van der Waals surface area contributed by atoms with Crippen LogP contribution in [0.5, 0.6) is 11.5 Å². The van der Waals surface area contributed by atoms with Crippen LogP contribution in [0.4, 0.5) is 4.79 Å². The topological polar surface area (TPSA) is 154 Å². The van der Waals surface area contributed by atoms with Crippen molar-refractivity contribution in [2.75, 3.05) is 14.2 Å². The molecule has 1 saturated heterocycles. The first-order valence-electron chi connectivity index (χ1n) is 15.4. The lowest BCUT2D eigenvalue weighted by Gasteiger charge is -2.46. The molecule has 2 atom stereocenters. The van der Waals surface area contributed by atoms with Crippen molar-refractivity contribution in [3.8, 4) is 11.5 Å².